The molecular weight excluding hydrogens is 331 g/mol. The van der Waals surface area contributed by atoms with E-state index in [2.05, 4.69) is 15.4 Å². The van der Waals surface area contributed by atoms with Crippen LogP contribution in [0.4, 0.5) is 15.8 Å². The SMILES string of the molecule is CS(=O)(=O)c1ccc(Nc2cc(Cl)nn3ccnc23)c(F)c1. The maximum Gasteiger partial charge on any atom is 0.177 e. The first-order valence-corrected chi connectivity index (χ1v) is 8.38. The van der Waals surface area contributed by atoms with Crippen molar-refractivity contribution in [1.29, 1.82) is 0 Å². The Morgan fingerprint density at radius 2 is 2.05 bits per heavy atom. The summed E-state index contributed by atoms with van der Waals surface area (Å²) in [6.45, 7) is 0. The second kappa shape index (κ2) is 5.22. The number of nitrogens with zero attached hydrogens (tertiary/aromatic N) is 3. The summed E-state index contributed by atoms with van der Waals surface area (Å²) in [7, 11) is -3.46. The smallest absolute Gasteiger partial charge is 0.177 e. The third-order valence-electron chi connectivity index (χ3n) is 2.97. The summed E-state index contributed by atoms with van der Waals surface area (Å²) < 4.78 is 38.4. The lowest BCUT2D eigenvalue weighted by Crippen LogP contribution is -2.02. The second-order valence-corrected chi connectivity index (χ2v) is 7.02. The number of imidazole rings is 1. The molecule has 2 aromatic heterocycles. The minimum atomic E-state index is -3.46. The molecular formula is C13H10ClFN4O2S. The number of fused-ring (bicyclic) bond motifs is 1. The average molecular weight is 341 g/mol. The highest BCUT2D eigenvalue weighted by Crippen LogP contribution is 2.26. The number of sulfone groups is 1. The van der Waals surface area contributed by atoms with Crippen LogP contribution in [0.2, 0.25) is 5.15 Å². The van der Waals surface area contributed by atoms with E-state index < -0.39 is 15.7 Å². The van der Waals surface area contributed by atoms with Crippen molar-refractivity contribution in [3.8, 4) is 0 Å². The third-order valence-corrected chi connectivity index (χ3v) is 4.26. The maximum absolute atomic E-state index is 14.1. The Bertz CT molecular complexity index is 971. The molecule has 0 aliphatic rings. The van der Waals surface area contributed by atoms with Crippen LogP contribution < -0.4 is 5.32 Å². The van der Waals surface area contributed by atoms with Gasteiger partial charge in [0.1, 0.15) is 5.82 Å². The molecule has 1 N–H and O–H groups in total. The summed E-state index contributed by atoms with van der Waals surface area (Å²) in [6.07, 6.45) is 4.16. The first-order valence-electron chi connectivity index (χ1n) is 6.11. The normalized spacial score (nSPS) is 11.8. The van der Waals surface area contributed by atoms with Gasteiger partial charge in [-0.1, -0.05) is 11.6 Å². The number of halogens is 2. The van der Waals surface area contributed by atoms with Gasteiger partial charge in [0, 0.05) is 24.7 Å². The Hall–Kier alpha value is -2.19. The summed E-state index contributed by atoms with van der Waals surface area (Å²) in [5, 5.41) is 7.07. The van der Waals surface area contributed by atoms with Gasteiger partial charge in [0.05, 0.1) is 16.3 Å². The van der Waals surface area contributed by atoms with Gasteiger partial charge in [0.25, 0.3) is 0 Å². The summed E-state index contributed by atoms with van der Waals surface area (Å²) in [5.74, 6) is -0.694. The molecule has 3 aromatic rings. The van der Waals surface area contributed by atoms with Crippen molar-refractivity contribution in [3.63, 3.8) is 0 Å². The molecule has 114 valence electrons. The summed E-state index contributed by atoms with van der Waals surface area (Å²) in [6, 6.07) is 5.14. The van der Waals surface area contributed by atoms with Gasteiger partial charge in [0.15, 0.2) is 20.6 Å². The molecule has 6 nitrogen and oxygen atoms in total. The number of nitrogens with one attached hydrogen (secondary N) is 1. The fraction of sp³-hybridized carbons (Fsp3) is 0.0769. The molecule has 0 saturated carbocycles. The molecule has 0 spiro atoms. The van der Waals surface area contributed by atoms with Gasteiger partial charge in [-0.3, -0.25) is 0 Å². The molecule has 0 bridgehead atoms. The Balaban J connectivity index is 2.04. The topological polar surface area (TPSA) is 76.4 Å². The van der Waals surface area contributed by atoms with Gasteiger partial charge in [-0.15, -0.1) is 0 Å². The van der Waals surface area contributed by atoms with Gasteiger partial charge in [0.2, 0.25) is 0 Å². The van der Waals surface area contributed by atoms with E-state index in [9.17, 15) is 12.8 Å². The van der Waals surface area contributed by atoms with Crippen molar-refractivity contribution in [1.82, 2.24) is 14.6 Å². The van der Waals surface area contributed by atoms with Crippen molar-refractivity contribution in [2.24, 2.45) is 0 Å². The Kier molecular flexibility index (Phi) is 3.50. The summed E-state index contributed by atoms with van der Waals surface area (Å²) >= 11 is 5.90. The van der Waals surface area contributed by atoms with Gasteiger partial charge in [-0.05, 0) is 18.2 Å². The van der Waals surface area contributed by atoms with Gasteiger partial charge in [-0.25, -0.2) is 22.3 Å². The zero-order valence-corrected chi connectivity index (χ0v) is 12.9. The minimum Gasteiger partial charge on any atom is -0.350 e. The molecule has 3 rings (SSSR count). The van der Waals surface area contributed by atoms with Crippen molar-refractivity contribution >= 4 is 38.5 Å². The summed E-state index contributed by atoms with van der Waals surface area (Å²) in [5.41, 5.74) is 1.03. The molecule has 0 aliphatic heterocycles. The van der Waals surface area contributed by atoms with E-state index in [-0.39, 0.29) is 15.7 Å². The van der Waals surface area contributed by atoms with E-state index in [1.54, 1.807) is 6.20 Å². The molecule has 0 radical (unpaired) electrons. The quantitative estimate of drug-likeness (QED) is 0.793. The van der Waals surface area contributed by atoms with E-state index in [4.69, 9.17) is 11.6 Å². The van der Waals surface area contributed by atoms with E-state index in [1.807, 2.05) is 0 Å². The second-order valence-electron chi connectivity index (χ2n) is 4.61. The van der Waals surface area contributed by atoms with E-state index in [1.165, 1.54) is 28.9 Å². The standard InChI is InChI=1S/C13H10ClFN4O2S/c1-22(20,21)8-2-3-10(9(15)6-8)17-11-7-12(14)18-19-5-4-16-13(11)19/h2-7,17H,1H3. The number of rotatable bonds is 3. The molecule has 0 atom stereocenters. The fourth-order valence-electron chi connectivity index (χ4n) is 1.95. The van der Waals surface area contributed by atoms with Crippen LogP contribution in [0.15, 0.2) is 41.6 Å². The number of anilines is 2. The number of hydrogen-bond donors (Lipinski definition) is 1. The lowest BCUT2D eigenvalue weighted by molar-refractivity contribution is 0.596. The largest absolute Gasteiger partial charge is 0.350 e. The maximum atomic E-state index is 14.1. The monoisotopic (exact) mass is 340 g/mol. The van der Waals surface area contributed by atoms with Crippen molar-refractivity contribution in [3.05, 3.63) is 47.6 Å². The molecule has 0 saturated heterocycles. The highest BCUT2D eigenvalue weighted by atomic mass is 35.5. The lowest BCUT2D eigenvalue weighted by Gasteiger charge is -2.10. The summed E-state index contributed by atoms with van der Waals surface area (Å²) in [4.78, 5) is 4.01. The van der Waals surface area contributed by atoms with Gasteiger partial charge < -0.3 is 5.32 Å². The van der Waals surface area contributed by atoms with Crippen LogP contribution in [0.5, 0.6) is 0 Å². The van der Waals surface area contributed by atoms with Crippen LogP contribution in [0.1, 0.15) is 0 Å². The predicted octanol–water partition coefficient (Wildman–Crippen LogP) is 2.67. The van der Waals surface area contributed by atoms with E-state index >= 15 is 0 Å². The molecule has 0 fully saturated rings. The van der Waals surface area contributed by atoms with Crippen LogP contribution in [-0.2, 0) is 9.84 Å². The van der Waals surface area contributed by atoms with Crippen LogP contribution in [0, 0.1) is 5.82 Å². The molecule has 0 aliphatic carbocycles. The zero-order chi connectivity index (χ0) is 15.9. The molecule has 9 heteroatoms. The Morgan fingerprint density at radius 3 is 2.73 bits per heavy atom. The number of hydrogen-bond acceptors (Lipinski definition) is 5. The first-order chi connectivity index (χ1) is 10.3. The number of benzene rings is 1. The molecule has 2 heterocycles. The molecule has 0 amide bonds. The highest BCUT2D eigenvalue weighted by molar-refractivity contribution is 7.90. The van der Waals surface area contributed by atoms with Gasteiger partial charge in [-0.2, -0.15) is 5.10 Å². The minimum absolute atomic E-state index is 0.0886. The molecule has 22 heavy (non-hydrogen) atoms. The average Bonchev–Trinajstić information content (AvgIpc) is 2.88. The highest BCUT2D eigenvalue weighted by Gasteiger charge is 2.13. The fourth-order valence-corrected chi connectivity index (χ4v) is 2.77. The van der Waals surface area contributed by atoms with Crippen LogP contribution in [0.25, 0.3) is 5.65 Å². The van der Waals surface area contributed by atoms with Crippen molar-refractivity contribution in [2.45, 2.75) is 4.90 Å². The van der Waals surface area contributed by atoms with Crippen molar-refractivity contribution < 1.29 is 12.8 Å². The van der Waals surface area contributed by atoms with Crippen LogP contribution >= 0.6 is 11.6 Å². The van der Waals surface area contributed by atoms with E-state index in [0.717, 1.165) is 12.3 Å². The molecule has 0 unspecified atom stereocenters. The Morgan fingerprint density at radius 1 is 1.27 bits per heavy atom. The molecule has 1 aromatic carbocycles. The lowest BCUT2D eigenvalue weighted by atomic mass is 10.3. The number of aromatic nitrogens is 3. The van der Waals surface area contributed by atoms with Gasteiger partial charge >= 0.3 is 0 Å². The van der Waals surface area contributed by atoms with Crippen molar-refractivity contribution in [2.75, 3.05) is 11.6 Å². The third kappa shape index (κ3) is 2.75. The first kappa shape index (κ1) is 14.7. The van der Waals surface area contributed by atoms with E-state index in [0.29, 0.717) is 11.3 Å². The zero-order valence-electron chi connectivity index (χ0n) is 11.3. The van der Waals surface area contributed by atoms with Crippen LogP contribution in [0.3, 0.4) is 0 Å². The Labute approximate surface area is 130 Å². The predicted molar refractivity (Wildman–Crippen MR) is 80.8 cm³/mol. The van der Waals surface area contributed by atoms with Crippen LogP contribution in [-0.4, -0.2) is 29.3 Å².